The molecule has 0 saturated carbocycles. The zero-order chi connectivity index (χ0) is 23.0. The van der Waals surface area contributed by atoms with E-state index in [1.165, 1.54) is 28.4 Å². The van der Waals surface area contributed by atoms with Gasteiger partial charge in [0, 0.05) is 12.3 Å². The Bertz CT molecular complexity index is 987. The summed E-state index contributed by atoms with van der Waals surface area (Å²) in [5, 5.41) is 12.0. The fourth-order valence-electron chi connectivity index (χ4n) is 4.10. The largest absolute Gasteiger partial charge is 0.477 e. The lowest BCUT2D eigenvalue weighted by Gasteiger charge is -2.49. The van der Waals surface area contributed by atoms with E-state index in [1.54, 1.807) is 6.92 Å². The van der Waals surface area contributed by atoms with Crippen LogP contribution in [0.3, 0.4) is 0 Å². The van der Waals surface area contributed by atoms with E-state index in [0.29, 0.717) is 23.9 Å². The van der Waals surface area contributed by atoms with E-state index < -0.39 is 23.4 Å². The van der Waals surface area contributed by atoms with Gasteiger partial charge in [-0.1, -0.05) is 54.3 Å². The normalized spacial score (nSPS) is 24.7. The summed E-state index contributed by atoms with van der Waals surface area (Å²) in [6.45, 7) is 4.99. The van der Waals surface area contributed by atoms with Gasteiger partial charge in [-0.05, 0) is 25.0 Å². The molecule has 3 heterocycles. The standard InChI is InChI=1S/C21H24N4O4S3/c1-3-23-10-24(11-32-21(23)30)16(13-7-5-4-6-8-13)17(26)22-14-18(27)25-15(20(28)29)12(2)9-31-19(14)25/h4-8,14,16,19H,3,9-11H2,1-2H3,(H,22,26)(H,28,29)/t14-,16?,19-/m1/s1. The maximum absolute atomic E-state index is 13.5. The molecule has 3 aliphatic heterocycles. The molecule has 0 aromatic heterocycles. The maximum Gasteiger partial charge on any atom is 0.352 e. The number of nitrogens with zero attached hydrogens (tertiary/aromatic N) is 3. The topological polar surface area (TPSA) is 93.2 Å². The number of carbonyl (C=O) groups excluding carboxylic acids is 2. The molecule has 0 spiro atoms. The summed E-state index contributed by atoms with van der Waals surface area (Å²) < 4.78 is 0.808. The predicted molar refractivity (Wildman–Crippen MR) is 129 cm³/mol. The van der Waals surface area contributed by atoms with E-state index in [1.807, 2.05) is 47.1 Å². The number of benzene rings is 1. The van der Waals surface area contributed by atoms with Crippen LogP contribution in [0.25, 0.3) is 0 Å². The Hall–Kier alpha value is -2.08. The molecule has 3 aliphatic rings. The lowest BCUT2D eigenvalue weighted by Crippen LogP contribution is -2.71. The van der Waals surface area contributed by atoms with Crippen molar-refractivity contribution < 1.29 is 19.5 Å². The van der Waals surface area contributed by atoms with Crippen LogP contribution in [0.4, 0.5) is 0 Å². The van der Waals surface area contributed by atoms with Gasteiger partial charge in [0.15, 0.2) is 0 Å². The Labute approximate surface area is 200 Å². The van der Waals surface area contributed by atoms with Crippen LogP contribution < -0.4 is 5.32 Å². The monoisotopic (exact) mass is 492 g/mol. The predicted octanol–water partition coefficient (Wildman–Crippen LogP) is 2.06. The Kier molecular flexibility index (Phi) is 6.80. The van der Waals surface area contributed by atoms with Gasteiger partial charge in [0.05, 0.1) is 12.5 Å². The molecular weight excluding hydrogens is 468 g/mol. The smallest absolute Gasteiger partial charge is 0.352 e. The number of amides is 2. The number of thioether (sulfide) groups is 2. The van der Waals surface area contributed by atoms with Crippen molar-refractivity contribution in [1.29, 1.82) is 0 Å². The summed E-state index contributed by atoms with van der Waals surface area (Å²) in [7, 11) is 0. The van der Waals surface area contributed by atoms with Gasteiger partial charge in [-0.15, -0.1) is 11.8 Å². The van der Waals surface area contributed by atoms with E-state index in [4.69, 9.17) is 12.2 Å². The minimum atomic E-state index is -1.12. The van der Waals surface area contributed by atoms with E-state index in [0.717, 1.165) is 16.4 Å². The van der Waals surface area contributed by atoms with Crippen LogP contribution in [0, 0.1) is 0 Å². The quantitative estimate of drug-likeness (QED) is 0.457. The first-order valence-corrected chi connectivity index (χ1v) is 12.7. The number of carbonyl (C=O) groups is 3. The molecule has 4 rings (SSSR count). The third kappa shape index (κ3) is 4.14. The molecule has 2 amide bonds. The highest BCUT2D eigenvalue weighted by Gasteiger charge is 2.54. The number of hydrogen-bond acceptors (Lipinski definition) is 7. The zero-order valence-electron chi connectivity index (χ0n) is 17.7. The van der Waals surface area contributed by atoms with Crippen LogP contribution in [0.15, 0.2) is 41.6 Å². The number of hydrogen-bond donors (Lipinski definition) is 2. The zero-order valence-corrected chi connectivity index (χ0v) is 20.1. The van der Waals surface area contributed by atoms with Crippen LogP contribution in [0.1, 0.15) is 25.5 Å². The molecule has 11 heteroatoms. The van der Waals surface area contributed by atoms with E-state index in [2.05, 4.69) is 5.32 Å². The first kappa shape index (κ1) is 23.1. The van der Waals surface area contributed by atoms with Crippen LogP contribution in [-0.4, -0.2) is 78.2 Å². The molecule has 32 heavy (non-hydrogen) atoms. The van der Waals surface area contributed by atoms with E-state index >= 15 is 0 Å². The van der Waals surface area contributed by atoms with E-state index in [9.17, 15) is 19.5 Å². The highest BCUT2D eigenvalue weighted by Crippen LogP contribution is 2.40. The highest BCUT2D eigenvalue weighted by molar-refractivity contribution is 8.22. The second-order valence-corrected chi connectivity index (χ2v) is 10.5. The number of carboxylic acid groups (broad SMARTS) is 1. The first-order valence-electron chi connectivity index (χ1n) is 10.2. The summed E-state index contributed by atoms with van der Waals surface area (Å²) in [6.07, 6.45) is 0. The number of nitrogens with one attached hydrogen (secondary N) is 1. The van der Waals surface area contributed by atoms with Crippen LogP contribution >= 0.6 is 35.7 Å². The maximum atomic E-state index is 13.5. The molecule has 2 fully saturated rings. The highest BCUT2D eigenvalue weighted by atomic mass is 32.2. The van der Waals surface area contributed by atoms with Gasteiger partial charge in [0.2, 0.25) is 5.91 Å². The summed E-state index contributed by atoms with van der Waals surface area (Å²) in [5.74, 6) is -0.702. The third-order valence-corrected chi connectivity index (χ3v) is 8.74. The lowest BCUT2D eigenvalue weighted by molar-refractivity contribution is -0.151. The summed E-state index contributed by atoms with van der Waals surface area (Å²) in [5.41, 5.74) is 1.51. The Balaban J connectivity index is 1.55. The molecule has 1 aromatic rings. The van der Waals surface area contributed by atoms with Crippen molar-refractivity contribution >= 4 is 57.8 Å². The number of β-lactam (4-membered cyclic amide) rings is 1. The minimum Gasteiger partial charge on any atom is -0.477 e. The second-order valence-electron chi connectivity index (χ2n) is 7.77. The van der Waals surface area contributed by atoms with Gasteiger partial charge in [0.25, 0.3) is 5.91 Å². The second kappa shape index (κ2) is 9.42. The van der Waals surface area contributed by atoms with Crippen LogP contribution in [0.5, 0.6) is 0 Å². The molecule has 3 atom stereocenters. The van der Waals surface area contributed by atoms with Crippen molar-refractivity contribution in [1.82, 2.24) is 20.0 Å². The van der Waals surface area contributed by atoms with Gasteiger partial charge in [-0.25, -0.2) is 4.79 Å². The van der Waals surface area contributed by atoms with Gasteiger partial charge >= 0.3 is 5.97 Å². The van der Waals surface area contributed by atoms with Crippen LogP contribution in [0.2, 0.25) is 0 Å². The summed E-state index contributed by atoms with van der Waals surface area (Å²) in [4.78, 5) is 43.3. The van der Waals surface area contributed by atoms with E-state index in [-0.39, 0.29) is 17.5 Å². The molecule has 1 aromatic carbocycles. The lowest BCUT2D eigenvalue weighted by atomic mass is 10.0. The Morgan fingerprint density at radius 2 is 2.03 bits per heavy atom. The molecule has 2 N–H and O–H groups in total. The molecule has 0 aliphatic carbocycles. The number of thiocarbonyl (C=S) groups is 1. The SMILES string of the molecule is CCN1CN(C(C(=O)N[C@@H]2C(=O)N3C(C(=O)O)=C(C)CS[C@H]23)c2ccccc2)CSC1=S. The molecule has 170 valence electrons. The van der Waals surface area contributed by atoms with Gasteiger partial charge in [-0.3, -0.25) is 19.4 Å². The van der Waals surface area contributed by atoms with Gasteiger partial charge in [0.1, 0.15) is 27.5 Å². The molecule has 0 bridgehead atoms. The van der Waals surface area contributed by atoms with Gasteiger partial charge < -0.3 is 15.3 Å². The summed E-state index contributed by atoms with van der Waals surface area (Å²) >= 11 is 8.41. The average Bonchev–Trinajstić information content (AvgIpc) is 2.79. The molecule has 0 radical (unpaired) electrons. The fourth-order valence-corrected chi connectivity index (χ4v) is 6.62. The Morgan fingerprint density at radius 3 is 2.69 bits per heavy atom. The number of carboxylic acids is 1. The van der Waals surface area contributed by atoms with Crippen molar-refractivity contribution in [3.05, 3.63) is 47.2 Å². The van der Waals surface area contributed by atoms with Crippen molar-refractivity contribution in [2.75, 3.05) is 24.8 Å². The molecular formula is C21H24N4O4S3. The molecule has 1 unspecified atom stereocenters. The van der Waals surface area contributed by atoms with Crippen LogP contribution in [-0.2, 0) is 14.4 Å². The number of fused-ring (bicyclic) bond motifs is 1. The fraction of sp³-hybridized carbons (Fsp3) is 0.429. The first-order chi connectivity index (χ1) is 15.3. The third-order valence-electron chi connectivity index (χ3n) is 5.73. The van der Waals surface area contributed by atoms with Crippen molar-refractivity contribution in [2.24, 2.45) is 0 Å². The Morgan fingerprint density at radius 1 is 1.31 bits per heavy atom. The van der Waals surface area contributed by atoms with Gasteiger partial charge in [-0.2, -0.15) is 0 Å². The number of rotatable bonds is 6. The average molecular weight is 493 g/mol. The molecule has 2 saturated heterocycles. The summed E-state index contributed by atoms with van der Waals surface area (Å²) in [6, 6.07) is 8.12. The van der Waals surface area contributed by atoms with Crippen molar-refractivity contribution in [3.8, 4) is 0 Å². The molecule has 8 nitrogen and oxygen atoms in total. The number of aliphatic carboxylic acids is 1. The van der Waals surface area contributed by atoms with Crippen molar-refractivity contribution in [3.63, 3.8) is 0 Å². The van der Waals surface area contributed by atoms with Crippen molar-refractivity contribution in [2.45, 2.75) is 31.3 Å². The minimum absolute atomic E-state index is 0.0309.